The molecule has 0 saturated carbocycles. The first-order valence-corrected chi connectivity index (χ1v) is 9.41. The zero-order valence-corrected chi connectivity index (χ0v) is 17.7. The third-order valence-corrected chi connectivity index (χ3v) is 4.95. The number of benzene rings is 2. The highest BCUT2D eigenvalue weighted by molar-refractivity contribution is 14.0. The maximum absolute atomic E-state index is 6.10. The van der Waals surface area contributed by atoms with E-state index in [0.717, 1.165) is 41.8 Å². The number of para-hydroxylation sites is 2. The summed E-state index contributed by atoms with van der Waals surface area (Å²) < 4.78 is 0. The SMILES string of the molecule is I.NC(=NCCCc1nc2ccccc2[nH]1)Nc1cccc2c1CCCC2. The van der Waals surface area contributed by atoms with E-state index in [1.54, 1.807) is 0 Å². The average Bonchev–Trinajstić information content (AvgIpc) is 3.08. The van der Waals surface area contributed by atoms with Gasteiger partial charge in [-0.25, -0.2) is 4.98 Å². The van der Waals surface area contributed by atoms with Crippen LogP contribution < -0.4 is 11.1 Å². The number of imidazole rings is 1. The van der Waals surface area contributed by atoms with Gasteiger partial charge in [0.05, 0.1) is 11.0 Å². The molecule has 4 N–H and O–H groups in total. The maximum Gasteiger partial charge on any atom is 0.193 e. The van der Waals surface area contributed by atoms with Crippen molar-refractivity contribution in [2.45, 2.75) is 38.5 Å². The first kappa shape index (κ1) is 19.7. The Morgan fingerprint density at radius 3 is 2.85 bits per heavy atom. The van der Waals surface area contributed by atoms with Crippen molar-refractivity contribution in [1.29, 1.82) is 0 Å². The van der Waals surface area contributed by atoms with Gasteiger partial charge in [-0.05, 0) is 61.4 Å². The number of fused-ring (bicyclic) bond motifs is 2. The Balaban J connectivity index is 0.00000210. The third-order valence-electron chi connectivity index (χ3n) is 4.95. The fraction of sp³-hybridized carbons (Fsp3) is 0.333. The predicted molar refractivity (Wildman–Crippen MR) is 123 cm³/mol. The van der Waals surface area contributed by atoms with Crippen LogP contribution in [0, 0.1) is 0 Å². The Bertz CT molecular complexity index is 898. The molecule has 27 heavy (non-hydrogen) atoms. The number of hydrogen-bond donors (Lipinski definition) is 3. The van der Waals surface area contributed by atoms with E-state index in [-0.39, 0.29) is 24.0 Å². The molecule has 3 aromatic rings. The molecule has 1 aromatic heterocycles. The molecule has 0 unspecified atom stereocenters. The first-order valence-electron chi connectivity index (χ1n) is 9.41. The lowest BCUT2D eigenvalue weighted by Gasteiger charge is -2.19. The Morgan fingerprint density at radius 2 is 1.96 bits per heavy atom. The fourth-order valence-electron chi connectivity index (χ4n) is 3.65. The van der Waals surface area contributed by atoms with Gasteiger partial charge in [0.25, 0.3) is 0 Å². The highest BCUT2D eigenvalue weighted by Crippen LogP contribution is 2.27. The summed E-state index contributed by atoms with van der Waals surface area (Å²) in [5, 5.41) is 3.29. The van der Waals surface area contributed by atoms with E-state index in [4.69, 9.17) is 5.73 Å². The van der Waals surface area contributed by atoms with Crippen LogP contribution in [0.25, 0.3) is 11.0 Å². The van der Waals surface area contributed by atoms with Crippen LogP contribution in [-0.2, 0) is 19.3 Å². The molecule has 0 bridgehead atoms. The van der Waals surface area contributed by atoms with Crippen molar-refractivity contribution < 1.29 is 0 Å². The minimum atomic E-state index is 0. The number of guanidine groups is 1. The van der Waals surface area contributed by atoms with Crippen molar-refractivity contribution in [2.75, 3.05) is 11.9 Å². The normalized spacial score (nSPS) is 13.9. The van der Waals surface area contributed by atoms with E-state index in [0.29, 0.717) is 12.5 Å². The van der Waals surface area contributed by atoms with E-state index in [9.17, 15) is 0 Å². The number of nitrogens with one attached hydrogen (secondary N) is 2. The number of aromatic nitrogens is 2. The predicted octanol–water partition coefficient (Wildman–Crippen LogP) is 4.42. The van der Waals surface area contributed by atoms with Crippen LogP contribution in [-0.4, -0.2) is 22.5 Å². The number of aryl methyl sites for hydroxylation is 2. The minimum absolute atomic E-state index is 0. The van der Waals surface area contributed by atoms with Crippen LogP contribution in [0.5, 0.6) is 0 Å². The Hall–Kier alpha value is -2.09. The molecule has 0 atom stereocenters. The van der Waals surface area contributed by atoms with Gasteiger partial charge in [0.2, 0.25) is 0 Å². The van der Waals surface area contributed by atoms with E-state index in [2.05, 4.69) is 38.5 Å². The van der Waals surface area contributed by atoms with Gasteiger partial charge in [-0.3, -0.25) is 4.99 Å². The lowest BCUT2D eigenvalue weighted by Crippen LogP contribution is -2.24. The van der Waals surface area contributed by atoms with Crippen LogP contribution >= 0.6 is 24.0 Å². The molecule has 1 aliphatic rings. The van der Waals surface area contributed by atoms with Crippen molar-refractivity contribution in [3.63, 3.8) is 0 Å². The number of aromatic amines is 1. The molecule has 2 aromatic carbocycles. The Labute approximate surface area is 176 Å². The molecule has 6 heteroatoms. The second kappa shape index (κ2) is 9.21. The summed E-state index contributed by atoms with van der Waals surface area (Å²) in [5.41, 5.74) is 12.2. The molecule has 1 aliphatic carbocycles. The number of halogens is 1. The molecule has 0 saturated heterocycles. The lowest BCUT2D eigenvalue weighted by molar-refractivity contribution is 0.687. The summed E-state index contributed by atoms with van der Waals surface area (Å²) in [6, 6.07) is 14.5. The van der Waals surface area contributed by atoms with Crippen LogP contribution in [0.15, 0.2) is 47.5 Å². The van der Waals surface area contributed by atoms with Gasteiger partial charge in [0, 0.05) is 18.7 Å². The highest BCUT2D eigenvalue weighted by atomic mass is 127. The number of anilines is 1. The average molecular weight is 475 g/mol. The number of nitrogens with zero attached hydrogens (tertiary/aromatic N) is 2. The van der Waals surface area contributed by atoms with Gasteiger partial charge in [-0.1, -0.05) is 24.3 Å². The van der Waals surface area contributed by atoms with Gasteiger partial charge >= 0.3 is 0 Å². The van der Waals surface area contributed by atoms with Crippen LogP contribution in [0.1, 0.15) is 36.2 Å². The molecule has 0 amide bonds. The molecular formula is C21H26IN5. The van der Waals surface area contributed by atoms with Crippen LogP contribution in [0.2, 0.25) is 0 Å². The summed E-state index contributed by atoms with van der Waals surface area (Å²) in [7, 11) is 0. The van der Waals surface area contributed by atoms with E-state index in [1.807, 2.05) is 24.3 Å². The van der Waals surface area contributed by atoms with Gasteiger partial charge < -0.3 is 16.0 Å². The van der Waals surface area contributed by atoms with Gasteiger partial charge in [0.15, 0.2) is 5.96 Å². The maximum atomic E-state index is 6.10. The molecule has 0 spiro atoms. The second-order valence-corrected chi connectivity index (χ2v) is 6.85. The number of hydrogen-bond acceptors (Lipinski definition) is 2. The summed E-state index contributed by atoms with van der Waals surface area (Å²) >= 11 is 0. The molecule has 0 fully saturated rings. The molecule has 4 rings (SSSR count). The lowest BCUT2D eigenvalue weighted by atomic mass is 9.90. The van der Waals surface area contributed by atoms with E-state index >= 15 is 0 Å². The van der Waals surface area contributed by atoms with Crippen molar-refractivity contribution >= 4 is 46.7 Å². The van der Waals surface area contributed by atoms with Gasteiger partial charge in [0.1, 0.15) is 5.82 Å². The fourth-order valence-corrected chi connectivity index (χ4v) is 3.65. The quantitative estimate of drug-likeness (QED) is 0.221. The summed E-state index contributed by atoms with van der Waals surface area (Å²) in [5.74, 6) is 1.50. The number of aliphatic imine (C=N–C) groups is 1. The summed E-state index contributed by atoms with van der Waals surface area (Å²) in [4.78, 5) is 12.4. The highest BCUT2D eigenvalue weighted by Gasteiger charge is 2.13. The summed E-state index contributed by atoms with van der Waals surface area (Å²) in [6.07, 6.45) is 6.60. The van der Waals surface area contributed by atoms with Crippen LogP contribution in [0.4, 0.5) is 5.69 Å². The number of rotatable bonds is 5. The third kappa shape index (κ3) is 4.80. The molecule has 142 valence electrons. The molecule has 0 radical (unpaired) electrons. The van der Waals surface area contributed by atoms with Crippen molar-refractivity contribution in [3.8, 4) is 0 Å². The number of H-pyrrole nitrogens is 1. The smallest absolute Gasteiger partial charge is 0.193 e. The molecule has 1 heterocycles. The van der Waals surface area contributed by atoms with Crippen molar-refractivity contribution in [1.82, 2.24) is 9.97 Å². The largest absolute Gasteiger partial charge is 0.370 e. The molecule has 5 nitrogen and oxygen atoms in total. The molecular weight excluding hydrogens is 449 g/mol. The van der Waals surface area contributed by atoms with Crippen LogP contribution in [0.3, 0.4) is 0 Å². The topological polar surface area (TPSA) is 79.1 Å². The Morgan fingerprint density at radius 1 is 1.11 bits per heavy atom. The standard InChI is InChI=1S/C21H25N5.HI/c22-21(26-17-12-5-8-15-7-1-2-9-16(15)17)23-14-6-13-20-24-18-10-3-4-11-19(18)25-20;/h3-5,8,10-12H,1-2,6-7,9,13-14H2,(H,24,25)(H3,22,23,26);1H. The first-order chi connectivity index (χ1) is 12.8. The zero-order chi connectivity index (χ0) is 17.8. The van der Waals surface area contributed by atoms with Gasteiger partial charge in [-0.2, -0.15) is 0 Å². The van der Waals surface area contributed by atoms with E-state index < -0.39 is 0 Å². The van der Waals surface area contributed by atoms with E-state index in [1.165, 1.54) is 30.4 Å². The van der Waals surface area contributed by atoms with Crippen molar-refractivity contribution in [2.24, 2.45) is 10.7 Å². The zero-order valence-electron chi connectivity index (χ0n) is 15.4. The monoisotopic (exact) mass is 475 g/mol. The minimum Gasteiger partial charge on any atom is -0.370 e. The van der Waals surface area contributed by atoms with Crippen molar-refractivity contribution in [3.05, 3.63) is 59.4 Å². The number of nitrogens with two attached hydrogens (primary N) is 1. The second-order valence-electron chi connectivity index (χ2n) is 6.85. The summed E-state index contributed by atoms with van der Waals surface area (Å²) in [6.45, 7) is 0.685. The Kier molecular flexibility index (Phi) is 6.71. The molecule has 0 aliphatic heterocycles. The van der Waals surface area contributed by atoms with Gasteiger partial charge in [-0.15, -0.1) is 24.0 Å².